The third kappa shape index (κ3) is 4.04. The molecule has 0 saturated heterocycles. The molecule has 2 aliphatic rings. The van der Waals surface area contributed by atoms with Crippen LogP contribution >= 0.6 is 11.6 Å². The topological polar surface area (TPSA) is 86.7 Å². The van der Waals surface area contributed by atoms with Gasteiger partial charge in [-0.25, -0.2) is 17.6 Å². The van der Waals surface area contributed by atoms with Gasteiger partial charge in [-0.1, -0.05) is 36.9 Å². The number of anilines is 1. The van der Waals surface area contributed by atoms with Crippen LogP contribution in [0.15, 0.2) is 35.2 Å². The molecule has 166 valence electrons. The monoisotopic (exact) mass is 466 g/mol. The van der Waals surface area contributed by atoms with Crippen LogP contribution in [0.2, 0.25) is 5.02 Å². The fourth-order valence-electron chi connectivity index (χ4n) is 4.64. The van der Waals surface area contributed by atoms with Gasteiger partial charge in [-0.05, 0) is 48.6 Å². The van der Waals surface area contributed by atoms with Crippen molar-refractivity contribution in [1.29, 1.82) is 0 Å². The van der Waals surface area contributed by atoms with Crippen molar-refractivity contribution >= 4 is 33.3 Å². The predicted molar refractivity (Wildman–Crippen MR) is 118 cm³/mol. The van der Waals surface area contributed by atoms with Gasteiger partial charge >= 0.3 is 5.97 Å². The minimum absolute atomic E-state index is 0.0777. The van der Waals surface area contributed by atoms with Gasteiger partial charge < -0.3 is 10.4 Å². The Balaban J connectivity index is 1.78. The van der Waals surface area contributed by atoms with E-state index >= 15 is 0 Å². The van der Waals surface area contributed by atoms with Crippen LogP contribution in [0.1, 0.15) is 42.5 Å². The van der Waals surface area contributed by atoms with Gasteiger partial charge in [-0.3, -0.25) is 0 Å². The normalized spacial score (nSPS) is 21.7. The Morgan fingerprint density at radius 2 is 1.90 bits per heavy atom. The number of carbonyl (C=O) groups is 1. The molecule has 4 rings (SSSR count). The second kappa shape index (κ2) is 8.41. The predicted octanol–water partition coefficient (Wildman–Crippen LogP) is 4.84. The van der Waals surface area contributed by atoms with E-state index in [0.29, 0.717) is 29.3 Å². The lowest BCUT2D eigenvalue weighted by molar-refractivity contribution is 0.0692. The molecule has 1 aliphatic heterocycles. The molecule has 0 spiro atoms. The SMILES string of the molecule is CN1[C@H](C2CCCCC2)CNc2cc(Cl)c(-c3ccc(F)c(C(=O)O)c3)cc2S1(=O)=O. The number of carboxylic acids is 1. The first kappa shape index (κ1) is 22.0. The van der Waals surface area contributed by atoms with Crippen molar-refractivity contribution in [2.24, 2.45) is 5.92 Å². The summed E-state index contributed by atoms with van der Waals surface area (Å²) in [6.45, 7) is 0.489. The molecule has 2 aromatic carbocycles. The number of benzene rings is 2. The Kier molecular flexibility index (Phi) is 5.98. The first-order valence-corrected chi connectivity index (χ1v) is 12.1. The van der Waals surface area contributed by atoms with E-state index in [1.54, 1.807) is 13.1 Å². The summed E-state index contributed by atoms with van der Waals surface area (Å²) >= 11 is 6.45. The van der Waals surface area contributed by atoms with Crippen LogP contribution in [0.25, 0.3) is 11.1 Å². The molecule has 31 heavy (non-hydrogen) atoms. The maximum Gasteiger partial charge on any atom is 0.338 e. The number of nitrogens with zero attached hydrogens (tertiary/aromatic N) is 1. The molecule has 0 radical (unpaired) electrons. The molecular formula is C22H24ClFN2O4S. The van der Waals surface area contributed by atoms with Crippen molar-refractivity contribution in [3.63, 3.8) is 0 Å². The lowest BCUT2D eigenvalue weighted by Crippen LogP contribution is -2.44. The van der Waals surface area contributed by atoms with E-state index in [4.69, 9.17) is 11.6 Å². The molecule has 1 atom stereocenters. The van der Waals surface area contributed by atoms with Crippen LogP contribution in [0, 0.1) is 11.7 Å². The molecule has 1 saturated carbocycles. The number of carboxylic acid groups (broad SMARTS) is 1. The van der Waals surface area contributed by atoms with Gasteiger partial charge in [0.2, 0.25) is 10.0 Å². The van der Waals surface area contributed by atoms with Crippen LogP contribution < -0.4 is 5.32 Å². The van der Waals surface area contributed by atoms with Crippen molar-refractivity contribution in [3.8, 4) is 11.1 Å². The molecule has 9 heteroatoms. The Hall–Kier alpha value is -2.16. The number of hydrogen-bond acceptors (Lipinski definition) is 4. The average Bonchev–Trinajstić information content (AvgIpc) is 2.83. The van der Waals surface area contributed by atoms with Crippen molar-refractivity contribution < 1.29 is 22.7 Å². The maximum absolute atomic E-state index is 13.8. The number of likely N-dealkylation sites (N-methyl/N-ethyl adjacent to an activating group) is 1. The highest BCUT2D eigenvalue weighted by molar-refractivity contribution is 7.89. The number of sulfonamides is 1. The summed E-state index contributed by atoms with van der Waals surface area (Å²) in [5.74, 6) is -1.98. The first-order valence-electron chi connectivity index (χ1n) is 10.3. The Morgan fingerprint density at radius 1 is 1.19 bits per heavy atom. The summed E-state index contributed by atoms with van der Waals surface area (Å²) in [6.07, 6.45) is 5.40. The smallest absolute Gasteiger partial charge is 0.338 e. The molecule has 1 heterocycles. The number of halogens is 2. The van der Waals surface area contributed by atoms with Crippen molar-refractivity contribution in [3.05, 3.63) is 46.7 Å². The van der Waals surface area contributed by atoms with Crippen LogP contribution in [-0.4, -0.2) is 43.4 Å². The Labute approximate surface area is 186 Å². The third-order valence-corrected chi connectivity index (χ3v) is 8.63. The summed E-state index contributed by atoms with van der Waals surface area (Å²) in [4.78, 5) is 11.4. The van der Waals surface area contributed by atoms with E-state index in [9.17, 15) is 22.7 Å². The second-order valence-electron chi connectivity index (χ2n) is 8.20. The number of fused-ring (bicyclic) bond motifs is 1. The standard InChI is InChI=1S/C22H24ClFN2O4S/c1-26-20(13-5-3-2-4-6-13)12-25-19-11-17(23)15(10-21(19)31(26,29)30)14-7-8-18(24)16(9-14)22(27)28/h7-11,13,20,25H,2-6,12H2,1H3,(H,27,28)/t20-/m0/s1. The van der Waals surface area contributed by atoms with Crippen LogP contribution in [0.5, 0.6) is 0 Å². The third-order valence-electron chi connectivity index (χ3n) is 6.40. The largest absolute Gasteiger partial charge is 0.478 e. The van der Waals surface area contributed by atoms with E-state index in [0.717, 1.165) is 37.8 Å². The van der Waals surface area contributed by atoms with Crippen molar-refractivity contribution in [2.75, 3.05) is 18.9 Å². The van der Waals surface area contributed by atoms with Gasteiger partial charge in [0, 0.05) is 25.2 Å². The van der Waals surface area contributed by atoms with Gasteiger partial charge in [0.15, 0.2) is 0 Å². The number of nitrogens with one attached hydrogen (secondary N) is 1. The number of aromatic carboxylic acids is 1. The highest BCUT2D eigenvalue weighted by Crippen LogP contribution is 2.40. The molecule has 6 nitrogen and oxygen atoms in total. The zero-order valence-corrected chi connectivity index (χ0v) is 18.6. The van der Waals surface area contributed by atoms with E-state index in [1.165, 1.54) is 22.9 Å². The fraction of sp³-hybridized carbons (Fsp3) is 0.409. The van der Waals surface area contributed by atoms with Gasteiger partial charge in [-0.15, -0.1) is 0 Å². The highest BCUT2D eigenvalue weighted by atomic mass is 35.5. The maximum atomic E-state index is 13.8. The second-order valence-corrected chi connectivity index (χ2v) is 10.6. The molecule has 0 aromatic heterocycles. The van der Waals surface area contributed by atoms with E-state index in [1.807, 2.05) is 0 Å². The molecule has 2 aromatic rings. The number of rotatable bonds is 3. The average molecular weight is 467 g/mol. The molecule has 1 aliphatic carbocycles. The van der Waals surface area contributed by atoms with E-state index in [2.05, 4.69) is 5.32 Å². The van der Waals surface area contributed by atoms with Crippen molar-refractivity contribution in [2.45, 2.75) is 43.0 Å². The van der Waals surface area contributed by atoms with Gasteiger partial charge in [0.1, 0.15) is 10.7 Å². The summed E-state index contributed by atoms with van der Waals surface area (Å²) in [6, 6.07) is 6.42. The van der Waals surface area contributed by atoms with Gasteiger partial charge in [-0.2, -0.15) is 4.31 Å². The zero-order chi connectivity index (χ0) is 22.3. The molecule has 0 amide bonds. The summed E-state index contributed by atoms with van der Waals surface area (Å²) in [5, 5.41) is 12.7. The molecule has 2 N–H and O–H groups in total. The summed E-state index contributed by atoms with van der Waals surface area (Å²) < 4.78 is 42.3. The van der Waals surface area contributed by atoms with Crippen LogP contribution in [0.4, 0.5) is 10.1 Å². The summed E-state index contributed by atoms with van der Waals surface area (Å²) in [7, 11) is -2.20. The number of hydrogen-bond donors (Lipinski definition) is 2. The quantitative estimate of drug-likeness (QED) is 0.676. The van der Waals surface area contributed by atoms with Crippen molar-refractivity contribution in [1.82, 2.24) is 4.31 Å². The van der Waals surface area contributed by atoms with Gasteiger partial charge in [0.25, 0.3) is 0 Å². The van der Waals surface area contributed by atoms with Crippen LogP contribution in [0.3, 0.4) is 0 Å². The minimum atomic E-state index is -3.82. The Morgan fingerprint density at radius 3 is 2.58 bits per heavy atom. The molecule has 0 unspecified atom stereocenters. The Bertz CT molecular complexity index is 1130. The highest BCUT2D eigenvalue weighted by Gasteiger charge is 2.38. The lowest BCUT2D eigenvalue weighted by Gasteiger charge is -2.34. The van der Waals surface area contributed by atoms with E-state index < -0.39 is 27.4 Å². The molecular weight excluding hydrogens is 443 g/mol. The van der Waals surface area contributed by atoms with Crippen LogP contribution in [-0.2, 0) is 10.0 Å². The molecule has 1 fully saturated rings. The zero-order valence-electron chi connectivity index (χ0n) is 17.1. The van der Waals surface area contributed by atoms with Gasteiger partial charge in [0.05, 0.1) is 16.3 Å². The van der Waals surface area contributed by atoms with E-state index in [-0.39, 0.29) is 16.0 Å². The fourth-order valence-corrected chi connectivity index (χ4v) is 6.50. The molecule has 0 bridgehead atoms. The first-order chi connectivity index (χ1) is 14.7. The minimum Gasteiger partial charge on any atom is -0.478 e. The summed E-state index contributed by atoms with van der Waals surface area (Å²) in [5.41, 5.74) is 0.578. The lowest BCUT2D eigenvalue weighted by atomic mass is 9.84.